The van der Waals surface area contributed by atoms with Crippen molar-refractivity contribution in [2.75, 3.05) is 6.54 Å². The van der Waals surface area contributed by atoms with Crippen molar-refractivity contribution in [3.8, 4) is 0 Å². The van der Waals surface area contributed by atoms with Crippen LogP contribution in [0.15, 0.2) is 41.2 Å². The zero-order chi connectivity index (χ0) is 18.5. The molecule has 0 radical (unpaired) electrons. The number of rotatable bonds is 3. The van der Waals surface area contributed by atoms with Gasteiger partial charge in [-0.2, -0.15) is 0 Å². The van der Waals surface area contributed by atoms with Gasteiger partial charge in [-0.25, -0.2) is 14.5 Å². The first kappa shape index (κ1) is 16.3. The molecule has 1 aliphatic rings. The topological polar surface area (TPSA) is 71.2 Å². The molecule has 7 heteroatoms. The zero-order valence-corrected chi connectivity index (χ0v) is 15.5. The summed E-state index contributed by atoms with van der Waals surface area (Å²) in [7, 11) is 2.08. The molecule has 7 nitrogen and oxygen atoms in total. The molecule has 1 fully saturated rings. The van der Waals surface area contributed by atoms with Crippen molar-refractivity contribution in [1.29, 1.82) is 0 Å². The number of aromatic nitrogens is 5. The summed E-state index contributed by atoms with van der Waals surface area (Å²) in [5.41, 5.74) is 4.53. The minimum atomic E-state index is -0.0680. The van der Waals surface area contributed by atoms with E-state index >= 15 is 0 Å². The minimum Gasteiger partial charge on any atom is -0.330 e. The molecule has 4 aromatic rings. The highest BCUT2D eigenvalue weighted by Gasteiger charge is 2.30. The number of hydrogen-bond acceptors (Lipinski definition) is 4. The maximum absolute atomic E-state index is 12.4. The van der Waals surface area contributed by atoms with Crippen molar-refractivity contribution >= 4 is 16.7 Å². The molecule has 138 valence electrons. The van der Waals surface area contributed by atoms with Crippen molar-refractivity contribution in [2.24, 2.45) is 7.05 Å². The Morgan fingerprint density at radius 3 is 2.93 bits per heavy atom. The Bertz CT molecular complexity index is 1200. The Morgan fingerprint density at radius 1 is 1.22 bits per heavy atom. The van der Waals surface area contributed by atoms with Gasteiger partial charge < -0.3 is 4.57 Å². The first-order valence-electron chi connectivity index (χ1n) is 9.34. The third-order valence-corrected chi connectivity index (χ3v) is 5.48. The van der Waals surface area contributed by atoms with Gasteiger partial charge in [0.25, 0.3) is 5.56 Å². The van der Waals surface area contributed by atoms with Crippen LogP contribution in [0.25, 0.3) is 16.7 Å². The summed E-state index contributed by atoms with van der Waals surface area (Å²) >= 11 is 0. The van der Waals surface area contributed by atoms with Crippen LogP contribution in [-0.4, -0.2) is 35.6 Å². The second kappa shape index (κ2) is 6.06. The smallest absolute Gasteiger partial charge is 0.272 e. The van der Waals surface area contributed by atoms with Gasteiger partial charge in [0.05, 0.1) is 22.8 Å². The fraction of sp³-hybridized carbons (Fsp3) is 0.350. The second-order valence-corrected chi connectivity index (χ2v) is 7.36. The number of fused-ring (bicyclic) bond motifs is 2. The molecule has 0 amide bonds. The first-order valence-corrected chi connectivity index (χ1v) is 9.34. The SMILES string of the molecule is Cc1cc2nc(CN3CCCC3c3nc4ccccc4n3C)cc(=O)n2[nH]1. The summed E-state index contributed by atoms with van der Waals surface area (Å²) in [4.78, 5) is 24.3. The van der Waals surface area contributed by atoms with Gasteiger partial charge in [0.2, 0.25) is 0 Å². The molecule has 3 aromatic heterocycles. The Kier molecular flexibility index (Phi) is 3.65. The summed E-state index contributed by atoms with van der Waals surface area (Å²) in [6.45, 7) is 3.57. The maximum atomic E-state index is 12.4. The van der Waals surface area contributed by atoms with Gasteiger partial charge in [0.15, 0.2) is 5.65 Å². The standard InChI is InChI=1S/C20H22N6O/c1-13-10-18-21-14(11-19(27)26(18)23-13)12-25-9-5-8-17(25)20-22-15-6-3-4-7-16(15)24(20)2/h3-4,6-7,10-11,17,23H,5,8-9,12H2,1-2H3. The van der Waals surface area contributed by atoms with Crippen molar-refractivity contribution in [1.82, 2.24) is 29.0 Å². The molecule has 0 aliphatic carbocycles. The van der Waals surface area contributed by atoms with Crippen LogP contribution in [0.4, 0.5) is 0 Å². The van der Waals surface area contributed by atoms with Crippen molar-refractivity contribution < 1.29 is 0 Å². The Hall–Kier alpha value is -2.93. The van der Waals surface area contributed by atoms with Gasteiger partial charge in [-0.1, -0.05) is 12.1 Å². The predicted molar refractivity (Wildman–Crippen MR) is 104 cm³/mol. The molecule has 1 aliphatic heterocycles. The van der Waals surface area contributed by atoms with E-state index in [1.807, 2.05) is 25.1 Å². The molecular formula is C20H22N6O. The summed E-state index contributed by atoms with van der Waals surface area (Å²) in [6.07, 6.45) is 2.19. The highest BCUT2D eigenvalue weighted by atomic mass is 16.1. The molecule has 27 heavy (non-hydrogen) atoms. The Morgan fingerprint density at radius 2 is 2.07 bits per heavy atom. The van der Waals surface area contributed by atoms with Crippen LogP contribution in [-0.2, 0) is 13.6 Å². The number of aryl methyl sites for hydroxylation is 2. The Labute approximate surface area is 156 Å². The van der Waals surface area contributed by atoms with Crippen LogP contribution in [0.1, 0.15) is 36.1 Å². The molecular weight excluding hydrogens is 340 g/mol. The van der Waals surface area contributed by atoms with Gasteiger partial charge in [0.1, 0.15) is 5.82 Å². The van der Waals surface area contributed by atoms with Crippen molar-refractivity contribution in [3.63, 3.8) is 0 Å². The number of likely N-dealkylation sites (tertiary alicyclic amines) is 1. The molecule has 1 N–H and O–H groups in total. The monoisotopic (exact) mass is 362 g/mol. The van der Waals surface area contributed by atoms with Gasteiger partial charge in [0, 0.05) is 31.4 Å². The number of para-hydroxylation sites is 2. The van der Waals surface area contributed by atoms with Crippen LogP contribution in [0.5, 0.6) is 0 Å². The molecule has 0 saturated carbocycles. The van der Waals surface area contributed by atoms with E-state index in [4.69, 9.17) is 4.98 Å². The Balaban J connectivity index is 1.49. The summed E-state index contributed by atoms with van der Waals surface area (Å²) in [6, 6.07) is 12.0. The zero-order valence-electron chi connectivity index (χ0n) is 15.5. The molecule has 0 bridgehead atoms. The van der Waals surface area contributed by atoms with E-state index in [2.05, 4.69) is 38.7 Å². The van der Waals surface area contributed by atoms with E-state index in [1.54, 1.807) is 6.07 Å². The number of nitrogens with zero attached hydrogens (tertiary/aromatic N) is 5. The first-order chi connectivity index (χ1) is 13.1. The highest BCUT2D eigenvalue weighted by Crippen LogP contribution is 2.33. The number of hydrogen-bond donors (Lipinski definition) is 1. The van der Waals surface area contributed by atoms with E-state index in [0.717, 1.165) is 47.6 Å². The predicted octanol–water partition coefficient (Wildman–Crippen LogP) is 2.55. The van der Waals surface area contributed by atoms with Crippen LogP contribution in [0.3, 0.4) is 0 Å². The maximum Gasteiger partial charge on any atom is 0.272 e. The molecule has 1 saturated heterocycles. The number of H-pyrrole nitrogens is 1. The number of benzene rings is 1. The van der Waals surface area contributed by atoms with Crippen LogP contribution in [0.2, 0.25) is 0 Å². The van der Waals surface area contributed by atoms with E-state index in [0.29, 0.717) is 12.2 Å². The quantitative estimate of drug-likeness (QED) is 0.608. The fourth-order valence-electron chi connectivity index (χ4n) is 4.22. The lowest BCUT2D eigenvalue weighted by molar-refractivity contribution is 0.234. The van der Waals surface area contributed by atoms with E-state index < -0.39 is 0 Å². The van der Waals surface area contributed by atoms with E-state index in [9.17, 15) is 4.79 Å². The normalized spacial score (nSPS) is 18.1. The number of aromatic amines is 1. The number of nitrogens with one attached hydrogen (secondary N) is 1. The average Bonchev–Trinajstić information content (AvgIpc) is 3.33. The second-order valence-electron chi connectivity index (χ2n) is 7.36. The van der Waals surface area contributed by atoms with Gasteiger partial charge in [-0.3, -0.25) is 14.8 Å². The molecule has 1 unspecified atom stereocenters. The van der Waals surface area contributed by atoms with E-state index in [-0.39, 0.29) is 11.6 Å². The summed E-state index contributed by atoms with van der Waals surface area (Å²) in [5.74, 6) is 1.09. The van der Waals surface area contributed by atoms with Crippen LogP contribution in [0, 0.1) is 6.92 Å². The average molecular weight is 362 g/mol. The number of imidazole rings is 1. The third kappa shape index (κ3) is 2.66. The van der Waals surface area contributed by atoms with Crippen LogP contribution < -0.4 is 5.56 Å². The lowest BCUT2D eigenvalue weighted by atomic mass is 10.2. The van der Waals surface area contributed by atoms with Crippen LogP contribution >= 0.6 is 0 Å². The van der Waals surface area contributed by atoms with Crippen molar-refractivity contribution in [3.05, 3.63) is 64.0 Å². The van der Waals surface area contributed by atoms with Gasteiger partial charge >= 0.3 is 0 Å². The van der Waals surface area contributed by atoms with E-state index in [1.165, 1.54) is 4.52 Å². The molecule has 4 heterocycles. The fourth-order valence-corrected chi connectivity index (χ4v) is 4.22. The van der Waals surface area contributed by atoms with Crippen molar-refractivity contribution in [2.45, 2.75) is 32.4 Å². The van der Waals surface area contributed by atoms with Gasteiger partial charge in [-0.05, 0) is 38.4 Å². The lowest BCUT2D eigenvalue weighted by Crippen LogP contribution is -2.26. The third-order valence-electron chi connectivity index (χ3n) is 5.48. The molecule has 0 spiro atoms. The van der Waals surface area contributed by atoms with Gasteiger partial charge in [-0.15, -0.1) is 0 Å². The molecule has 5 rings (SSSR count). The minimum absolute atomic E-state index is 0.0680. The highest BCUT2D eigenvalue weighted by molar-refractivity contribution is 5.75. The summed E-state index contributed by atoms with van der Waals surface area (Å²) in [5, 5.41) is 3.02. The largest absolute Gasteiger partial charge is 0.330 e. The lowest BCUT2D eigenvalue weighted by Gasteiger charge is -2.23. The summed E-state index contributed by atoms with van der Waals surface area (Å²) < 4.78 is 3.69. The molecule has 1 atom stereocenters. The molecule has 1 aromatic carbocycles.